The van der Waals surface area contributed by atoms with Crippen molar-refractivity contribution in [2.45, 2.75) is 11.4 Å². The molecule has 0 saturated carbocycles. The Morgan fingerprint density at radius 3 is 2.52 bits per heavy atom. The molecular weight excluding hydrogens is 450 g/mol. The van der Waals surface area contributed by atoms with Crippen LogP contribution < -0.4 is 14.2 Å². The topological polar surface area (TPSA) is 130 Å². The van der Waals surface area contributed by atoms with Crippen LogP contribution in [-0.4, -0.2) is 45.9 Å². The maximum absolute atomic E-state index is 12.7. The SMILES string of the molecule is COC(=O)c1ccc(Cl)c(S(=O)(=O)NCc2nc(-c3ccc(OC)c(OC)c3)no2)c1. The van der Waals surface area contributed by atoms with Gasteiger partial charge in [0.25, 0.3) is 0 Å². The molecule has 1 heterocycles. The number of aromatic nitrogens is 2. The van der Waals surface area contributed by atoms with Crippen LogP contribution in [0.2, 0.25) is 5.02 Å². The van der Waals surface area contributed by atoms with Crippen molar-refractivity contribution in [3.05, 3.63) is 52.9 Å². The molecular formula is C19H18ClN3O7S. The number of halogens is 1. The molecule has 0 radical (unpaired) electrons. The van der Waals surface area contributed by atoms with Gasteiger partial charge >= 0.3 is 5.97 Å². The molecule has 0 unspecified atom stereocenters. The monoisotopic (exact) mass is 467 g/mol. The second-order valence-electron chi connectivity index (χ2n) is 6.04. The van der Waals surface area contributed by atoms with Gasteiger partial charge in [-0.25, -0.2) is 17.9 Å². The third kappa shape index (κ3) is 4.95. The molecule has 0 aliphatic heterocycles. The number of hydrogen-bond acceptors (Lipinski definition) is 9. The number of ether oxygens (including phenoxy) is 3. The van der Waals surface area contributed by atoms with Gasteiger partial charge in [0, 0.05) is 5.56 Å². The van der Waals surface area contributed by atoms with Crippen molar-refractivity contribution < 1.29 is 31.9 Å². The largest absolute Gasteiger partial charge is 0.493 e. The fourth-order valence-corrected chi connectivity index (χ4v) is 4.11. The van der Waals surface area contributed by atoms with E-state index in [4.69, 9.17) is 25.6 Å². The predicted molar refractivity (Wildman–Crippen MR) is 110 cm³/mol. The third-order valence-corrected chi connectivity index (χ3v) is 6.05. The standard InChI is InChI=1S/C19H18ClN3O7S/c1-27-14-7-5-11(8-15(14)28-2)18-22-17(30-23-18)10-21-31(25,26)16-9-12(19(24)29-3)4-6-13(16)20/h4-9,21H,10H2,1-3H3. The van der Waals surface area contributed by atoms with Gasteiger partial charge < -0.3 is 18.7 Å². The molecule has 1 aromatic heterocycles. The Morgan fingerprint density at radius 2 is 1.84 bits per heavy atom. The van der Waals surface area contributed by atoms with Gasteiger partial charge in [-0.05, 0) is 36.4 Å². The lowest BCUT2D eigenvalue weighted by molar-refractivity contribution is 0.0600. The summed E-state index contributed by atoms with van der Waals surface area (Å²) in [5, 5.41) is 3.79. The van der Waals surface area contributed by atoms with E-state index in [-0.39, 0.29) is 33.7 Å². The quantitative estimate of drug-likeness (QED) is 0.497. The molecule has 1 N–H and O–H groups in total. The van der Waals surface area contributed by atoms with Crippen molar-refractivity contribution in [3.8, 4) is 22.9 Å². The molecule has 164 valence electrons. The molecule has 10 nitrogen and oxygen atoms in total. The third-order valence-electron chi connectivity index (χ3n) is 4.17. The maximum atomic E-state index is 12.7. The summed E-state index contributed by atoms with van der Waals surface area (Å²) in [5.41, 5.74) is 0.630. The lowest BCUT2D eigenvalue weighted by Crippen LogP contribution is -2.24. The summed E-state index contributed by atoms with van der Waals surface area (Å²) in [7, 11) is 0.122. The van der Waals surface area contributed by atoms with Crippen LogP contribution >= 0.6 is 11.6 Å². The highest BCUT2D eigenvalue weighted by molar-refractivity contribution is 7.89. The van der Waals surface area contributed by atoms with Gasteiger partial charge in [-0.2, -0.15) is 4.98 Å². The van der Waals surface area contributed by atoms with E-state index in [1.807, 2.05) is 0 Å². The van der Waals surface area contributed by atoms with E-state index in [9.17, 15) is 13.2 Å². The van der Waals surface area contributed by atoms with Crippen molar-refractivity contribution in [1.29, 1.82) is 0 Å². The first-order chi connectivity index (χ1) is 14.8. The summed E-state index contributed by atoms with van der Waals surface area (Å²) in [4.78, 5) is 15.6. The summed E-state index contributed by atoms with van der Waals surface area (Å²) >= 11 is 6.00. The molecule has 12 heteroatoms. The molecule has 2 aromatic carbocycles. The van der Waals surface area contributed by atoms with Crippen LogP contribution in [0.5, 0.6) is 11.5 Å². The van der Waals surface area contributed by atoms with Gasteiger partial charge in [0.05, 0.1) is 38.5 Å². The average Bonchev–Trinajstić information content (AvgIpc) is 3.26. The number of rotatable bonds is 8. The minimum atomic E-state index is -4.08. The molecule has 3 aromatic rings. The van der Waals surface area contributed by atoms with E-state index in [1.54, 1.807) is 18.2 Å². The average molecular weight is 468 g/mol. The Kier molecular flexibility index (Phi) is 6.78. The zero-order chi connectivity index (χ0) is 22.6. The number of esters is 1. The lowest BCUT2D eigenvalue weighted by Gasteiger charge is -2.08. The molecule has 0 bridgehead atoms. The van der Waals surface area contributed by atoms with Crippen LogP contribution in [0.15, 0.2) is 45.8 Å². The van der Waals surface area contributed by atoms with E-state index in [0.717, 1.165) is 6.07 Å². The summed E-state index contributed by atoms with van der Waals surface area (Å²) in [5.74, 6) is 0.583. The van der Waals surface area contributed by atoms with E-state index >= 15 is 0 Å². The lowest BCUT2D eigenvalue weighted by atomic mass is 10.2. The van der Waals surface area contributed by atoms with Crippen LogP contribution in [0, 0.1) is 0 Å². The molecule has 0 amide bonds. The second-order valence-corrected chi connectivity index (χ2v) is 8.19. The minimum Gasteiger partial charge on any atom is -0.493 e. The summed E-state index contributed by atoms with van der Waals surface area (Å²) < 4.78 is 47.8. The van der Waals surface area contributed by atoms with Crippen molar-refractivity contribution in [1.82, 2.24) is 14.9 Å². The summed E-state index contributed by atoms with van der Waals surface area (Å²) in [6.45, 7) is -0.290. The van der Waals surface area contributed by atoms with Crippen LogP contribution in [0.1, 0.15) is 16.2 Å². The zero-order valence-electron chi connectivity index (χ0n) is 16.7. The Bertz CT molecular complexity index is 1210. The molecule has 0 aliphatic carbocycles. The summed E-state index contributed by atoms with van der Waals surface area (Å²) in [6.07, 6.45) is 0. The highest BCUT2D eigenvalue weighted by Crippen LogP contribution is 2.31. The van der Waals surface area contributed by atoms with Gasteiger partial charge in [0.2, 0.25) is 21.7 Å². The zero-order valence-corrected chi connectivity index (χ0v) is 18.3. The van der Waals surface area contributed by atoms with Crippen LogP contribution in [0.3, 0.4) is 0 Å². The van der Waals surface area contributed by atoms with Crippen molar-refractivity contribution in [3.63, 3.8) is 0 Å². The normalized spacial score (nSPS) is 11.2. The van der Waals surface area contributed by atoms with Gasteiger partial charge in [0.1, 0.15) is 4.90 Å². The predicted octanol–water partition coefficient (Wildman–Crippen LogP) is 2.67. The molecule has 0 saturated heterocycles. The van der Waals surface area contributed by atoms with E-state index in [2.05, 4.69) is 19.6 Å². The highest BCUT2D eigenvalue weighted by Gasteiger charge is 2.22. The molecule has 0 aliphatic rings. The molecule has 0 fully saturated rings. The second kappa shape index (κ2) is 9.33. The van der Waals surface area contributed by atoms with E-state index in [0.29, 0.717) is 17.1 Å². The summed E-state index contributed by atoms with van der Waals surface area (Å²) in [6, 6.07) is 8.83. The van der Waals surface area contributed by atoms with Crippen LogP contribution in [-0.2, 0) is 21.3 Å². The van der Waals surface area contributed by atoms with Crippen LogP contribution in [0.25, 0.3) is 11.4 Å². The fraction of sp³-hybridized carbons (Fsp3) is 0.211. The maximum Gasteiger partial charge on any atom is 0.337 e. The number of benzene rings is 2. The van der Waals surface area contributed by atoms with E-state index in [1.165, 1.54) is 33.5 Å². The number of carbonyl (C=O) groups excluding carboxylic acids is 1. The Morgan fingerprint density at radius 1 is 1.10 bits per heavy atom. The first kappa shape index (κ1) is 22.5. The molecule has 31 heavy (non-hydrogen) atoms. The Balaban J connectivity index is 1.78. The molecule has 0 atom stereocenters. The first-order valence-corrected chi connectivity index (χ1v) is 10.6. The number of carbonyl (C=O) groups is 1. The van der Waals surface area contributed by atoms with Crippen molar-refractivity contribution in [2.75, 3.05) is 21.3 Å². The Labute approximate surface area is 183 Å². The van der Waals surface area contributed by atoms with Gasteiger partial charge in [0.15, 0.2) is 11.5 Å². The van der Waals surface area contributed by atoms with Gasteiger partial charge in [-0.3, -0.25) is 0 Å². The molecule has 3 rings (SSSR count). The molecule has 0 spiro atoms. The number of nitrogens with one attached hydrogen (secondary N) is 1. The van der Waals surface area contributed by atoms with Gasteiger partial charge in [-0.15, -0.1) is 0 Å². The fourth-order valence-electron chi connectivity index (χ4n) is 2.61. The van der Waals surface area contributed by atoms with Crippen LogP contribution in [0.4, 0.5) is 0 Å². The highest BCUT2D eigenvalue weighted by atomic mass is 35.5. The number of sulfonamides is 1. The van der Waals surface area contributed by atoms with Crippen molar-refractivity contribution >= 4 is 27.6 Å². The number of methoxy groups -OCH3 is 3. The Hall–Kier alpha value is -3.15. The number of hydrogen-bond donors (Lipinski definition) is 1. The minimum absolute atomic E-state index is 0.0219. The number of nitrogens with zero attached hydrogens (tertiary/aromatic N) is 2. The van der Waals surface area contributed by atoms with E-state index < -0.39 is 16.0 Å². The first-order valence-electron chi connectivity index (χ1n) is 8.71. The van der Waals surface area contributed by atoms with Gasteiger partial charge in [-0.1, -0.05) is 16.8 Å². The van der Waals surface area contributed by atoms with Crippen molar-refractivity contribution in [2.24, 2.45) is 0 Å². The smallest absolute Gasteiger partial charge is 0.337 e.